The van der Waals surface area contributed by atoms with Crippen molar-refractivity contribution in [2.24, 2.45) is 0 Å². The van der Waals surface area contributed by atoms with Crippen molar-refractivity contribution in [3.63, 3.8) is 0 Å². The van der Waals surface area contributed by atoms with Crippen molar-refractivity contribution in [2.75, 3.05) is 57.3 Å². The van der Waals surface area contributed by atoms with E-state index in [1.54, 1.807) is 0 Å². The Morgan fingerprint density at radius 2 is 1.30 bits per heavy atom. The zero-order valence-corrected chi connectivity index (χ0v) is 17.5. The molecule has 0 N–H and O–H groups in total. The molecule has 0 unspecified atom stereocenters. The van der Waals surface area contributed by atoms with Crippen molar-refractivity contribution in [3.05, 3.63) is 29.8 Å². The van der Waals surface area contributed by atoms with Crippen LogP contribution in [0, 0.1) is 0 Å². The number of anilines is 1. The zero-order valence-electron chi connectivity index (χ0n) is 17.5. The SMILES string of the molecule is CC(C)N1CCCN(C(=O)c2ccc(N3CCN(C(C)C)CC3)cc2)CC1. The number of carbonyl (C=O) groups is 1. The van der Waals surface area contributed by atoms with E-state index in [0.717, 1.165) is 64.3 Å². The quantitative estimate of drug-likeness (QED) is 0.813. The number of hydrogen-bond donors (Lipinski definition) is 0. The molecule has 5 heteroatoms. The monoisotopic (exact) mass is 372 g/mol. The molecule has 1 aromatic carbocycles. The lowest BCUT2D eigenvalue weighted by molar-refractivity contribution is 0.0759. The van der Waals surface area contributed by atoms with Gasteiger partial charge in [0.15, 0.2) is 0 Å². The number of hydrogen-bond acceptors (Lipinski definition) is 4. The second-order valence-corrected chi connectivity index (χ2v) is 8.44. The molecule has 2 aliphatic heterocycles. The smallest absolute Gasteiger partial charge is 0.253 e. The van der Waals surface area contributed by atoms with Gasteiger partial charge in [-0.15, -0.1) is 0 Å². The van der Waals surface area contributed by atoms with Crippen LogP contribution in [-0.2, 0) is 0 Å². The summed E-state index contributed by atoms with van der Waals surface area (Å²) in [4.78, 5) is 22.4. The van der Waals surface area contributed by atoms with Crippen LogP contribution in [0.25, 0.3) is 0 Å². The molecule has 0 radical (unpaired) electrons. The summed E-state index contributed by atoms with van der Waals surface area (Å²) in [5.74, 6) is 0.178. The van der Waals surface area contributed by atoms with Crippen LogP contribution in [0.1, 0.15) is 44.5 Å². The van der Waals surface area contributed by atoms with Crippen LogP contribution in [0.3, 0.4) is 0 Å². The van der Waals surface area contributed by atoms with Gasteiger partial charge in [-0.1, -0.05) is 0 Å². The van der Waals surface area contributed by atoms with Gasteiger partial charge in [-0.25, -0.2) is 0 Å². The lowest BCUT2D eigenvalue weighted by Gasteiger charge is -2.38. The molecule has 5 nitrogen and oxygen atoms in total. The summed E-state index contributed by atoms with van der Waals surface area (Å²) in [7, 11) is 0. The molecule has 2 aliphatic rings. The second-order valence-electron chi connectivity index (χ2n) is 8.44. The van der Waals surface area contributed by atoms with Crippen LogP contribution in [0.4, 0.5) is 5.69 Å². The molecular weight excluding hydrogens is 336 g/mol. The van der Waals surface area contributed by atoms with E-state index in [1.807, 2.05) is 17.0 Å². The fraction of sp³-hybridized carbons (Fsp3) is 0.682. The van der Waals surface area contributed by atoms with Crippen molar-refractivity contribution in [3.8, 4) is 0 Å². The third kappa shape index (κ3) is 5.02. The van der Waals surface area contributed by atoms with Crippen LogP contribution in [0.5, 0.6) is 0 Å². The van der Waals surface area contributed by atoms with Gasteiger partial charge in [-0.05, 0) is 58.4 Å². The third-order valence-corrected chi connectivity index (χ3v) is 6.07. The van der Waals surface area contributed by atoms with Crippen molar-refractivity contribution < 1.29 is 4.79 Å². The highest BCUT2D eigenvalue weighted by Gasteiger charge is 2.22. The van der Waals surface area contributed by atoms with Crippen LogP contribution in [-0.4, -0.2) is 85.0 Å². The van der Waals surface area contributed by atoms with Gasteiger partial charge in [-0.2, -0.15) is 0 Å². The molecule has 27 heavy (non-hydrogen) atoms. The summed E-state index contributed by atoms with van der Waals surface area (Å²) in [6.45, 7) is 17.1. The Labute approximate surface area is 164 Å². The molecule has 0 bridgehead atoms. The molecule has 0 atom stereocenters. The summed E-state index contributed by atoms with van der Waals surface area (Å²) in [6.07, 6.45) is 1.06. The molecule has 0 spiro atoms. The average molecular weight is 373 g/mol. The average Bonchev–Trinajstić information content (AvgIpc) is 2.94. The van der Waals surface area contributed by atoms with Gasteiger partial charge in [0, 0.05) is 75.7 Å². The number of rotatable bonds is 4. The van der Waals surface area contributed by atoms with Crippen molar-refractivity contribution >= 4 is 11.6 Å². The minimum absolute atomic E-state index is 0.178. The molecule has 0 aromatic heterocycles. The maximum absolute atomic E-state index is 12.9. The molecule has 2 saturated heterocycles. The minimum atomic E-state index is 0.178. The van der Waals surface area contributed by atoms with E-state index < -0.39 is 0 Å². The van der Waals surface area contributed by atoms with Gasteiger partial charge in [0.05, 0.1) is 0 Å². The largest absolute Gasteiger partial charge is 0.369 e. The Hall–Kier alpha value is -1.59. The molecule has 1 amide bonds. The first-order valence-electron chi connectivity index (χ1n) is 10.6. The molecule has 3 rings (SSSR count). The first-order valence-corrected chi connectivity index (χ1v) is 10.6. The van der Waals surface area contributed by atoms with Gasteiger partial charge < -0.3 is 9.80 Å². The van der Waals surface area contributed by atoms with E-state index in [-0.39, 0.29) is 5.91 Å². The molecule has 1 aromatic rings. The summed E-state index contributed by atoms with van der Waals surface area (Å²) in [5.41, 5.74) is 2.05. The van der Waals surface area contributed by atoms with Gasteiger partial charge in [0.1, 0.15) is 0 Å². The number of amides is 1. The van der Waals surface area contributed by atoms with Crippen LogP contribution >= 0.6 is 0 Å². The zero-order chi connectivity index (χ0) is 19.4. The number of benzene rings is 1. The molecule has 0 aliphatic carbocycles. The third-order valence-electron chi connectivity index (χ3n) is 6.07. The standard InChI is InChI=1S/C22H36N4O/c1-18(2)23-10-5-11-26(17-14-23)22(27)20-6-8-21(9-7-20)25-15-12-24(13-16-25)19(3)4/h6-9,18-19H,5,10-17H2,1-4H3. The van der Waals surface area contributed by atoms with E-state index in [1.165, 1.54) is 5.69 Å². The molecule has 2 fully saturated rings. The molecule has 0 saturated carbocycles. The van der Waals surface area contributed by atoms with Crippen molar-refractivity contribution in [1.29, 1.82) is 0 Å². The summed E-state index contributed by atoms with van der Waals surface area (Å²) < 4.78 is 0. The topological polar surface area (TPSA) is 30.0 Å². The van der Waals surface area contributed by atoms with Crippen LogP contribution in [0.2, 0.25) is 0 Å². The predicted molar refractivity (Wildman–Crippen MR) is 113 cm³/mol. The summed E-state index contributed by atoms with van der Waals surface area (Å²) in [6, 6.07) is 9.44. The molecular formula is C22H36N4O. The number of carbonyl (C=O) groups excluding carboxylic acids is 1. The lowest BCUT2D eigenvalue weighted by atomic mass is 10.1. The Kier molecular flexibility index (Phi) is 6.77. The van der Waals surface area contributed by atoms with E-state index in [0.29, 0.717) is 12.1 Å². The van der Waals surface area contributed by atoms with Gasteiger partial charge in [0.2, 0.25) is 0 Å². The van der Waals surface area contributed by atoms with Crippen LogP contribution < -0.4 is 4.90 Å². The van der Waals surface area contributed by atoms with E-state index in [2.05, 4.69) is 54.5 Å². The van der Waals surface area contributed by atoms with E-state index >= 15 is 0 Å². The minimum Gasteiger partial charge on any atom is -0.369 e. The lowest BCUT2D eigenvalue weighted by Crippen LogP contribution is -2.48. The highest BCUT2D eigenvalue weighted by atomic mass is 16.2. The normalized spacial score (nSPS) is 20.4. The number of nitrogens with zero attached hydrogens (tertiary/aromatic N) is 4. The summed E-state index contributed by atoms with van der Waals surface area (Å²) >= 11 is 0. The Morgan fingerprint density at radius 1 is 0.741 bits per heavy atom. The first kappa shape index (κ1) is 20.2. The highest BCUT2D eigenvalue weighted by Crippen LogP contribution is 2.19. The summed E-state index contributed by atoms with van der Waals surface area (Å²) in [5, 5.41) is 0. The van der Waals surface area contributed by atoms with E-state index in [4.69, 9.17) is 0 Å². The van der Waals surface area contributed by atoms with E-state index in [9.17, 15) is 4.79 Å². The van der Waals surface area contributed by atoms with Crippen molar-refractivity contribution in [1.82, 2.24) is 14.7 Å². The predicted octanol–water partition coefficient (Wildman–Crippen LogP) is 2.77. The number of piperazine rings is 1. The van der Waals surface area contributed by atoms with Gasteiger partial charge in [0.25, 0.3) is 5.91 Å². The fourth-order valence-corrected chi connectivity index (χ4v) is 4.15. The Balaban J connectivity index is 1.58. The maximum Gasteiger partial charge on any atom is 0.253 e. The van der Waals surface area contributed by atoms with Gasteiger partial charge in [-0.3, -0.25) is 14.6 Å². The second kappa shape index (κ2) is 9.07. The highest BCUT2D eigenvalue weighted by molar-refractivity contribution is 5.94. The van der Waals surface area contributed by atoms with Crippen molar-refractivity contribution in [2.45, 2.75) is 46.2 Å². The van der Waals surface area contributed by atoms with Gasteiger partial charge >= 0.3 is 0 Å². The molecule has 2 heterocycles. The Morgan fingerprint density at radius 3 is 1.89 bits per heavy atom. The van der Waals surface area contributed by atoms with Crippen LogP contribution in [0.15, 0.2) is 24.3 Å². The fourth-order valence-electron chi connectivity index (χ4n) is 4.15. The first-order chi connectivity index (χ1) is 13.0. The maximum atomic E-state index is 12.9. The Bertz CT molecular complexity index is 605. The molecule has 150 valence electrons.